The molecule has 3 aromatic rings. The van der Waals surface area contributed by atoms with Crippen LogP contribution in [0.5, 0.6) is 11.5 Å². The van der Waals surface area contributed by atoms with Gasteiger partial charge in [-0.2, -0.15) is 4.98 Å². The topological polar surface area (TPSA) is 57.4 Å². The van der Waals surface area contributed by atoms with Crippen LogP contribution >= 0.6 is 0 Å². The van der Waals surface area contributed by atoms with E-state index in [-0.39, 0.29) is 0 Å². The first-order valence-electron chi connectivity index (χ1n) is 7.02. The van der Waals surface area contributed by atoms with Crippen molar-refractivity contribution in [2.45, 2.75) is 6.92 Å². The second-order valence-corrected chi connectivity index (χ2v) is 4.58. The molecule has 22 heavy (non-hydrogen) atoms. The zero-order valence-corrected chi connectivity index (χ0v) is 12.4. The Labute approximate surface area is 128 Å². The third-order valence-corrected chi connectivity index (χ3v) is 3.17. The number of rotatable bonds is 5. The summed E-state index contributed by atoms with van der Waals surface area (Å²) in [5.41, 5.74) is 1.62. The summed E-state index contributed by atoms with van der Waals surface area (Å²) in [7, 11) is 1.62. The van der Waals surface area contributed by atoms with Crippen molar-refractivity contribution in [2.24, 2.45) is 0 Å². The van der Waals surface area contributed by atoms with Crippen LogP contribution < -0.4 is 9.47 Å². The molecule has 0 N–H and O–H groups in total. The maximum Gasteiger partial charge on any atom is 0.262 e. The molecule has 5 nitrogen and oxygen atoms in total. The maximum absolute atomic E-state index is 5.60. The molecule has 0 aliphatic rings. The lowest BCUT2D eigenvalue weighted by atomic mass is 10.2. The molecule has 0 aliphatic carbocycles. The molecule has 0 radical (unpaired) electrons. The van der Waals surface area contributed by atoms with Crippen molar-refractivity contribution in [3.63, 3.8) is 0 Å². The van der Waals surface area contributed by atoms with Crippen molar-refractivity contribution >= 4 is 0 Å². The average molecular weight is 296 g/mol. The van der Waals surface area contributed by atoms with Crippen LogP contribution in [-0.4, -0.2) is 23.9 Å². The van der Waals surface area contributed by atoms with Crippen LogP contribution in [0, 0.1) is 0 Å². The molecule has 0 atom stereocenters. The van der Waals surface area contributed by atoms with Gasteiger partial charge in [-0.1, -0.05) is 29.4 Å². The predicted molar refractivity (Wildman–Crippen MR) is 82.9 cm³/mol. The number of para-hydroxylation sites is 1. The Balaban J connectivity index is 1.97. The van der Waals surface area contributed by atoms with Crippen LogP contribution in [0.2, 0.25) is 0 Å². The highest BCUT2D eigenvalue weighted by Gasteiger charge is 2.14. The Hall–Kier alpha value is -2.82. The van der Waals surface area contributed by atoms with Crippen molar-refractivity contribution < 1.29 is 14.0 Å². The van der Waals surface area contributed by atoms with Crippen LogP contribution in [-0.2, 0) is 0 Å². The molecular formula is C17H16N2O3. The summed E-state index contributed by atoms with van der Waals surface area (Å²) in [6, 6.07) is 15.1. The van der Waals surface area contributed by atoms with E-state index < -0.39 is 0 Å². The van der Waals surface area contributed by atoms with Crippen LogP contribution in [0.15, 0.2) is 53.1 Å². The number of benzene rings is 2. The molecule has 0 amide bonds. The van der Waals surface area contributed by atoms with Crippen LogP contribution in [0.4, 0.5) is 0 Å². The predicted octanol–water partition coefficient (Wildman–Crippen LogP) is 3.81. The summed E-state index contributed by atoms with van der Waals surface area (Å²) in [6.45, 7) is 2.51. The molecule has 0 aliphatic heterocycles. The van der Waals surface area contributed by atoms with E-state index in [1.165, 1.54) is 0 Å². The van der Waals surface area contributed by atoms with Gasteiger partial charge in [0.1, 0.15) is 11.5 Å². The van der Waals surface area contributed by atoms with Crippen molar-refractivity contribution in [2.75, 3.05) is 13.7 Å². The Morgan fingerprint density at radius 1 is 1.09 bits per heavy atom. The van der Waals surface area contributed by atoms with Gasteiger partial charge >= 0.3 is 0 Å². The first-order chi connectivity index (χ1) is 10.8. The number of nitrogens with zero attached hydrogens (tertiary/aromatic N) is 2. The van der Waals surface area contributed by atoms with Crippen molar-refractivity contribution in [1.29, 1.82) is 0 Å². The van der Waals surface area contributed by atoms with Gasteiger partial charge in [-0.15, -0.1) is 0 Å². The Morgan fingerprint density at radius 2 is 1.95 bits per heavy atom. The maximum atomic E-state index is 5.60. The van der Waals surface area contributed by atoms with E-state index in [1.54, 1.807) is 7.11 Å². The normalized spacial score (nSPS) is 10.5. The van der Waals surface area contributed by atoms with E-state index in [4.69, 9.17) is 14.0 Å². The van der Waals surface area contributed by atoms with E-state index >= 15 is 0 Å². The van der Waals surface area contributed by atoms with Gasteiger partial charge in [0, 0.05) is 5.56 Å². The molecule has 112 valence electrons. The van der Waals surface area contributed by atoms with Crippen molar-refractivity contribution in [1.82, 2.24) is 10.1 Å². The molecule has 0 fully saturated rings. The quantitative estimate of drug-likeness (QED) is 0.716. The van der Waals surface area contributed by atoms with Crippen molar-refractivity contribution in [3.05, 3.63) is 48.5 Å². The van der Waals surface area contributed by atoms with Gasteiger partial charge in [-0.05, 0) is 31.2 Å². The smallest absolute Gasteiger partial charge is 0.262 e. The first kappa shape index (κ1) is 14.1. The van der Waals surface area contributed by atoms with Gasteiger partial charge < -0.3 is 14.0 Å². The van der Waals surface area contributed by atoms with Gasteiger partial charge in [0.25, 0.3) is 5.89 Å². The van der Waals surface area contributed by atoms with E-state index in [9.17, 15) is 0 Å². The van der Waals surface area contributed by atoms with Gasteiger partial charge in [-0.3, -0.25) is 0 Å². The first-order valence-corrected chi connectivity index (χ1v) is 7.02. The lowest BCUT2D eigenvalue weighted by Crippen LogP contribution is -1.93. The highest BCUT2D eigenvalue weighted by molar-refractivity contribution is 5.65. The molecular weight excluding hydrogens is 280 g/mol. The highest BCUT2D eigenvalue weighted by Crippen LogP contribution is 2.30. The van der Waals surface area contributed by atoms with Gasteiger partial charge in [0.2, 0.25) is 5.82 Å². The summed E-state index contributed by atoms with van der Waals surface area (Å²) in [5, 5.41) is 4.04. The van der Waals surface area contributed by atoms with E-state index in [2.05, 4.69) is 10.1 Å². The lowest BCUT2D eigenvalue weighted by molar-refractivity contribution is 0.339. The number of aromatic nitrogens is 2. The SMILES string of the molecule is CCOc1ccccc1-c1nc(-c2cccc(OC)c2)no1. The van der Waals surface area contributed by atoms with Gasteiger partial charge in [-0.25, -0.2) is 0 Å². The van der Waals surface area contributed by atoms with E-state index in [1.807, 2.05) is 55.5 Å². The fraction of sp³-hybridized carbons (Fsp3) is 0.176. The number of hydrogen-bond donors (Lipinski definition) is 0. The van der Waals surface area contributed by atoms with Crippen LogP contribution in [0.3, 0.4) is 0 Å². The van der Waals surface area contributed by atoms with Crippen LogP contribution in [0.25, 0.3) is 22.8 Å². The monoisotopic (exact) mass is 296 g/mol. The third-order valence-electron chi connectivity index (χ3n) is 3.17. The summed E-state index contributed by atoms with van der Waals surface area (Å²) >= 11 is 0. The summed E-state index contributed by atoms with van der Waals surface area (Å²) in [5.74, 6) is 2.42. The molecule has 0 spiro atoms. The van der Waals surface area contributed by atoms with E-state index in [0.29, 0.717) is 18.3 Å². The zero-order chi connectivity index (χ0) is 15.4. The minimum absolute atomic E-state index is 0.432. The summed E-state index contributed by atoms with van der Waals surface area (Å²) in [4.78, 5) is 4.46. The van der Waals surface area contributed by atoms with Gasteiger partial charge in [0.15, 0.2) is 0 Å². The van der Waals surface area contributed by atoms with Crippen LogP contribution in [0.1, 0.15) is 6.92 Å². The lowest BCUT2D eigenvalue weighted by Gasteiger charge is -2.05. The molecule has 5 heteroatoms. The highest BCUT2D eigenvalue weighted by atomic mass is 16.5. The number of ether oxygens (including phenoxy) is 2. The molecule has 1 aromatic heterocycles. The molecule has 3 rings (SSSR count). The minimum Gasteiger partial charge on any atom is -0.497 e. The molecule has 0 saturated heterocycles. The van der Waals surface area contributed by atoms with Gasteiger partial charge in [0.05, 0.1) is 19.3 Å². The fourth-order valence-electron chi connectivity index (χ4n) is 2.14. The summed E-state index contributed by atoms with van der Waals surface area (Å²) < 4.78 is 16.2. The molecule has 0 bridgehead atoms. The Morgan fingerprint density at radius 3 is 2.77 bits per heavy atom. The Bertz CT molecular complexity index is 768. The summed E-state index contributed by atoms with van der Waals surface area (Å²) in [6.07, 6.45) is 0. The largest absolute Gasteiger partial charge is 0.497 e. The zero-order valence-electron chi connectivity index (χ0n) is 12.4. The Kier molecular flexibility index (Phi) is 4.05. The minimum atomic E-state index is 0.432. The van der Waals surface area contributed by atoms with E-state index in [0.717, 1.165) is 22.6 Å². The van der Waals surface area contributed by atoms with Crippen molar-refractivity contribution in [3.8, 4) is 34.3 Å². The average Bonchev–Trinajstić information content (AvgIpc) is 3.06. The standard InChI is InChI=1S/C17H16N2O3/c1-3-21-15-10-5-4-9-14(15)17-18-16(19-22-17)12-7-6-8-13(11-12)20-2/h4-11H,3H2,1-2H3. The second kappa shape index (κ2) is 6.30. The third kappa shape index (κ3) is 2.79. The molecule has 2 aromatic carbocycles. The molecule has 1 heterocycles. The molecule has 0 unspecified atom stereocenters. The number of hydrogen-bond acceptors (Lipinski definition) is 5. The number of methoxy groups -OCH3 is 1. The second-order valence-electron chi connectivity index (χ2n) is 4.58. The fourth-order valence-corrected chi connectivity index (χ4v) is 2.14. The molecule has 0 saturated carbocycles.